The van der Waals surface area contributed by atoms with E-state index < -0.39 is 0 Å². The van der Waals surface area contributed by atoms with Crippen molar-refractivity contribution in [1.82, 2.24) is 0 Å². The number of hydrogen-bond acceptors (Lipinski definition) is 1. The molecular weight excluding hydrogens is 208 g/mol. The molecule has 1 unspecified atom stereocenters. The molecule has 0 fully saturated rings. The summed E-state index contributed by atoms with van der Waals surface area (Å²) < 4.78 is 5.92. The lowest BCUT2D eigenvalue weighted by molar-refractivity contribution is -0.0559. The van der Waals surface area contributed by atoms with Crippen LogP contribution < -0.4 is 0 Å². The Morgan fingerprint density at radius 1 is 1.12 bits per heavy atom. The lowest BCUT2D eigenvalue weighted by Gasteiger charge is -2.46. The van der Waals surface area contributed by atoms with Crippen molar-refractivity contribution in [2.45, 2.75) is 60.5 Å². The predicted molar refractivity (Wildman–Crippen MR) is 75.1 cm³/mol. The molecule has 0 amide bonds. The van der Waals surface area contributed by atoms with Crippen LogP contribution in [0.4, 0.5) is 0 Å². The molecule has 17 heavy (non-hydrogen) atoms. The molecule has 1 rings (SSSR count). The molecule has 0 aromatic heterocycles. The van der Waals surface area contributed by atoms with Crippen molar-refractivity contribution in [3.05, 3.63) is 23.3 Å². The molecule has 1 atom stereocenters. The van der Waals surface area contributed by atoms with E-state index >= 15 is 0 Å². The summed E-state index contributed by atoms with van der Waals surface area (Å²) in [4.78, 5) is 0. The summed E-state index contributed by atoms with van der Waals surface area (Å²) in [5.74, 6) is 0. The highest BCUT2D eigenvalue weighted by Gasteiger charge is 2.43. The Labute approximate surface area is 107 Å². The molecule has 0 radical (unpaired) electrons. The second-order valence-electron chi connectivity index (χ2n) is 7.33. The maximum atomic E-state index is 5.92. The summed E-state index contributed by atoms with van der Waals surface area (Å²) in [6.45, 7) is 15.8. The molecule has 1 nitrogen and oxygen atoms in total. The van der Waals surface area contributed by atoms with Gasteiger partial charge in [-0.2, -0.15) is 0 Å². The zero-order valence-corrected chi connectivity index (χ0v) is 12.8. The van der Waals surface area contributed by atoms with Crippen LogP contribution >= 0.6 is 0 Å². The first-order valence-corrected chi connectivity index (χ1v) is 6.47. The van der Waals surface area contributed by atoms with E-state index in [1.165, 1.54) is 11.1 Å². The highest BCUT2D eigenvalue weighted by Crippen LogP contribution is 2.46. The highest BCUT2D eigenvalue weighted by molar-refractivity contribution is 5.36. The normalized spacial score (nSPS) is 26.6. The van der Waals surface area contributed by atoms with Gasteiger partial charge in [0, 0.05) is 13.5 Å². The summed E-state index contributed by atoms with van der Waals surface area (Å²) >= 11 is 0. The molecule has 0 saturated heterocycles. The fraction of sp³-hybridized carbons (Fsp3) is 0.750. The number of rotatable bonds is 1. The standard InChI is InChI=1S/C16H28O/c1-12-9-13(14(2,3)4)11-16(10-12,17-8)15(5,6)7/h9-10H,11H2,1-8H3. The van der Waals surface area contributed by atoms with Gasteiger partial charge in [-0.15, -0.1) is 0 Å². The fourth-order valence-corrected chi connectivity index (χ4v) is 2.47. The average Bonchev–Trinajstić information content (AvgIpc) is 2.13. The van der Waals surface area contributed by atoms with E-state index in [2.05, 4.69) is 60.6 Å². The molecule has 0 aromatic carbocycles. The van der Waals surface area contributed by atoms with Gasteiger partial charge in [0.25, 0.3) is 0 Å². The molecular formula is C16H28O. The van der Waals surface area contributed by atoms with Gasteiger partial charge < -0.3 is 4.74 Å². The Kier molecular flexibility index (Phi) is 3.65. The zero-order chi connectivity index (χ0) is 13.5. The van der Waals surface area contributed by atoms with Gasteiger partial charge in [-0.25, -0.2) is 0 Å². The van der Waals surface area contributed by atoms with Crippen LogP contribution in [0.3, 0.4) is 0 Å². The van der Waals surface area contributed by atoms with Crippen LogP contribution in [0.25, 0.3) is 0 Å². The van der Waals surface area contributed by atoms with Crippen LogP contribution in [0.2, 0.25) is 0 Å². The van der Waals surface area contributed by atoms with Crippen LogP contribution in [0.5, 0.6) is 0 Å². The number of allylic oxidation sites excluding steroid dienone is 2. The van der Waals surface area contributed by atoms with Gasteiger partial charge in [-0.1, -0.05) is 58.8 Å². The van der Waals surface area contributed by atoms with Gasteiger partial charge in [0.2, 0.25) is 0 Å². The minimum absolute atomic E-state index is 0.105. The lowest BCUT2D eigenvalue weighted by Crippen LogP contribution is -2.45. The molecule has 0 bridgehead atoms. The van der Waals surface area contributed by atoms with Crippen LogP contribution in [0, 0.1) is 10.8 Å². The number of methoxy groups -OCH3 is 1. The number of ether oxygens (including phenoxy) is 1. The van der Waals surface area contributed by atoms with Crippen molar-refractivity contribution in [2.24, 2.45) is 10.8 Å². The monoisotopic (exact) mass is 236 g/mol. The first kappa shape index (κ1) is 14.5. The van der Waals surface area contributed by atoms with Gasteiger partial charge in [-0.05, 0) is 23.8 Å². The molecule has 1 heteroatoms. The predicted octanol–water partition coefficient (Wildman–Crippen LogP) is 4.74. The summed E-state index contributed by atoms with van der Waals surface area (Å²) in [6, 6.07) is 0. The van der Waals surface area contributed by atoms with E-state index in [0.717, 1.165) is 6.42 Å². The van der Waals surface area contributed by atoms with Gasteiger partial charge in [-0.3, -0.25) is 0 Å². The van der Waals surface area contributed by atoms with Gasteiger partial charge in [0.05, 0.1) is 5.60 Å². The topological polar surface area (TPSA) is 9.23 Å². The Morgan fingerprint density at radius 2 is 1.65 bits per heavy atom. The van der Waals surface area contributed by atoms with Crippen molar-refractivity contribution in [3.8, 4) is 0 Å². The average molecular weight is 236 g/mol. The maximum Gasteiger partial charge on any atom is 0.0949 e. The maximum absolute atomic E-state index is 5.92. The third kappa shape index (κ3) is 2.82. The van der Waals surface area contributed by atoms with E-state index in [4.69, 9.17) is 4.74 Å². The van der Waals surface area contributed by atoms with Crippen molar-refractivity contribution in [1.29, 1.82) is 0 Å². The largest absolute Gasteiger partial charge is 0.373 e. The van der Waals surface area contributed by atoms with E-state index in [1.54, 1.807) is 0 Å². The van der Waals surface area contributed by atoms with Crippen molar-refractivity contribution in [3.63, 3.8) is 0 Å². The van der Waals surface area contributed by atoms with E-state index in [1.807, 2.05) is 7.11 Å². The SMILES string of the molecule is COC1(C(C)(C)C)C=C(C)C=C(C(C)(C)C)C1. The van der Waals surface area contributed by atoms with Gasteiger partial charge >= 0.3 is 0 Å². The van der Waals surface area contributed by atoms with E-state index in [-0.39, 0.29) is 16.4 Å². The van der Waals surface area contributed by atoms with Crippen molar-refractivity contribution < 1.29 is 4.74 Å². The molecule has 0 aromatic rings. The van der Waals surface area contributed by atoms with E-state index in [0.29, 0.717) is 0 Å². The van der Waals surface area contributed by atoms with Crippen LogP contribution in [-0.2, 0) is 4.74 Å². The lowest BCUT2D eigenvalue weighted by atomic mass is 9.66. The third-order valence-corrected chi connectivity index (χ3v) is 3.91. The minimum Gasteiger partial charge on any atom is -0.373 e. The molecule has 0 N–H and O–H groups in total. The molecule has 1 aliphatic carbocycles. The quantitative estimate of drug-likeness (QED) is 0.639. The van der Waals surface area contributed by atoms with Crippen LogP contribution in [-0.4, -0.2) is 12.7 Å². The molecule has 1 aliphatic rings. The molecule has 0 heterocycles. The van der Waals surface area contributed by atoms with Crippen molar-refractivity contribution >= 4 is 0 Å². The summed E-state index contributed by atoms with van der Waals surface area (Å²) in [5.41, 5.74) is 2.94. The van der Waals surface area contributed by atoms with Crippen molar-refractivity contribution in [2.75, 3.05) is 7.11 Å². The van der Waals surface area contributed by atoms with Gasteiger partial charge in [0.1, 0.15) is 0 Å². The molecule has 0 saturated carbocycles. The Balaban J connectivity index is 3.22. The fourth-order valence-electron chi connectivity index (χ4n) is 2.47. The highest BCUT2D eigenvalue weighted by atomic mass is 16.5. The number of hydrogen-bond donors (Lipinski definition) is 0. The molecule has 0 spiro atoms. The minimum atomic E-state index is -0.172. The second kappa shape index (κ2) is 4.28. The van der Waals surface area contributed by atoms with Gasteiger partial charge in [0.15, 0.2) is 0 Å². The Hall–Kier alpha value is -0.560. The Bertz CT molecular complexity index is 347. The summed E-state index contributed by atoms with van der Waals surface area (Å²) in [7, 11) is 1.83. The Morgan fingerprint density at radius 3 is 2.00 bits per heavy atom. The van der Waals surface area contributed by atoms with Crippen LogP contribution in [0.1, 0.15) is 54.9 Å². The second-order valence-corrected chi connectivity index (χ2v) is 7.33. The smallest absolute Gasteiger partial charge is 0.0949 e. The zero-order valence-electron chi connectivity index (χ0n) is 12.8. The summed E-state index contributed by atoms with van der Waals surface area (Å²) in [6.07, 6.45) is 5.61. The molecule has 0 aliphatic heterocycles. The summed E-state index contributed by atoms with van der Waals surface area (Å²) in [5, 5.41) is 0. The first-order chi connectivity index (χ1) is 7.52. The third-order valence-electron chi connectivity index (χ3n) is 3.91. The van der Waals surface area contributed by atoms with E-state index in [9.17, 15) is 0 Å². The first-order valence-electron chi connectivity index (χ1n) is 6.47. The van der Waals surface area contributed by atoms with Crippen LogP contribution in [0.15, 0.2) is 23.3 Å². The molecule has 98 valence electrons.